The maximum Gasteiger partial charge on any atom is 0.291 e. The smallest absolute Gasteiger partial charge is 0.291 e. The predicted octanol–water partition coefficient (Wildman–Crippen LogP) is 2.47. The van der Waals surface area contributed by atoms with Crippen LogP contribution in [0, 0.1) is 6.92 Å². The first-order chi connectivity index (χ1) is 10.5. The van der Waals surface area contributed by atoms with Crippen molar-refractivity contribution in [2.45, 2.75) is 32.9 Å². The Balaban J connectivity index is 1.86. The number of nitrogens with one attached hydrogen (secondary N) is 1. The summed E-state index contributed by atoms with van der Waals surface area (Å²) in [7, 11) is 0. The topological polar surface area (TPSA) is 58.4 Å². The molecule has 116 valence electrons. The molecular weight excluding hydrogens is 278 g/mol. The van der Waals surface area contributed by atoms with Gasteiger partial charge in [-0.2, -0.15) is 0 Å². The molecule has 22 heavy (non-hydrogen) atoms. The molecule has 5 nitrogen and oxygen atoms in total. The highest BCUT2D eigenvalue weighted by molar-refractivity contribution is 5.93. The quantitative estimate of drug-likeness (QED) is 0.925. The summed E-state index contributed by atoms with van der Waals surface area (Å²) in [5.74, 6) is 0.769. The Morgan fingerprint density at radius 2 is 1.86 bits per heavy atom. The standard InChI is InChI=1S/C17H21N3O2/c1-11-9-20(10-12(2)18-11)17(21)15-13(3)19-16(22-15)14-7-5-4-6-8-14/h4-8,11-12,18H,9-10H2,1-3H3. The minimum Gasteiger partial charge on any atom is -0.431 e. The molecule has 0 saturated carbocycles. The van der Waals surface area contributed by atoms with Gasteiger partial charge < -0.3 is 14.6 Å². The Kier molecular flexibility index (Phi) is 3.98. The average Bonchev–Trinajstić information content (AvgIpc) is 2.88. The second-order valence-corrected chi connectivity index (χ2v) is 5.98. The molecule has 1 aliphatic rings. The Labute approximate surface area is 130 Å². The molecule has 1 aromatic heterocycles. The van der Waals surface area contributed by atoms with Gasteiger partial charge in [-0.05, 0) is 32.9 Å². The van der Waals surface area contributed by atoms with E-state index in [9.17, 15) is 4.79 Å². The van der Waals surface area contributed by atoms with Gasteiger partial charge in [0.05, 0.1) is 5.69 Å². The first-order valence-corrected chi connectivity index (χ1v) is 7.62. The molecule has 0 bridgehead atoms. The number of nitrogens with zero attached hydrogens (tertiary/aromatic N) is 2. The predicted molar refractivity (Wildman–Crippen MR) is 84.6 cm³/mol. The van der Waals surface area contributed by atoms with Crippen molar-refractivity contribution in [1.82, 2.24) is 15.2 Å². The Hall–Kier alpha value is -2.14. The summed E-state index contributed by atoms with van der Waals surface area (Å²) >= 11 is 0. The normalized spacial score (nSPS) is 21.9. The van der Waals surface area contributed by atoms with Gasteiger partial charge in [-0.1, -0.05) is 18.2 Å². The van der Waals surface area contributed by atoms with E-state index in [4.69, 9.17) is 4.42 Å². The number of amides is 1. The number of benzene rings is 1. The van der Waals surface area contributed by atoms with E-state index in [2.05, 4.69) is 24.1 Å². The summed E-state index contributed by atoms with van der Waals surface area (Å²) in [5, 5.41) is 3.42. The van der Waals surface area contributed by atoms with Gasteiger partial charge in [-0.25, -0.2) is 4.98 Å². The van der Waals surface area contributed by atoms with E-state index in [1.807, 2.05) is 42.2 Å². The van der Waals surface area contributed by atoms with Crippen LogP contribution in [0.4, 0.5) is 0 Å². The molecular formula is C17H21N3O2. The third-order valence-electron chi connectivity index (χ3n) is 3.86. The third kappa shape index (κ3) is 2.90. The van der Waals surface area contributed by atoms with Crippen molar-refractivity contribution >= 4 is 5.91 Å². The van der Waals surface area contributed by atoms with Gasteiger partial charge >= 0.3 is 0 Å². The van der Waals surface area contributed by atoms with Crippen molar-refractivity contribution in [2.75, 3.05) is 13.1 Å². The van der Waals surface area contributed by atoms with Crippen LogP contribution in [0.5, 0.6) is 0 Å². The van der Waals surface area contributed by atoms with Crippen molar-refractivity contribution < 1.29 is 9.21 Å². The van der Waals surface area contributed by atoms with Crippen LogP contribution >= 0.6 is 0 Å². The minimum absolute atomic E-state index is 0.0765. The van der Waals surface area contributed by atoms with Gasteiger partial charge in [0.25, 0.3) is 5.91 Å². The number of oxazole rings is 1. The van der Waals surface area contributed by atoms with Crippen LogP contribution in [0.25, 0.3) is 11.5 Å². The zero-order chi connectivity index (χ0) is 15.7. The molecule has 1 aromatic carbocycles. The van der Waals surface area contributed by atoms with Crippen molar-refractivity contribution in [2.24, 2.45) is 0 Å². The molecule has 1 N–H and O–H groups in total. The molecule has 0 spiro atoms. The molecule has 2 unspecified atom stereocenters. The Morgan fingerprint density at radius 1 is 1.23 bits per heavy atom. The molecule has 5 heteroatoms. The fourth-order valence-corrected chi connectivity index (χ4v) is 2.94. The summed E-state index contributed by atoms with van der Waals surface area (Å²) in [6.45, 7) is 7.35. The highest BCUT2D eigenvalue weighted by atomic mass is 16.4. The maximum absolute atomic E-state index is 12.7. The van der Waals surface area contributed by atoms with Gasteiger partial charge in [0.1, 0.15) is 0 Å². The maximum atomic E-state index is 12.7. The summed E-state index contributed by atoms with van der Waals surface area (Å²) in [4.78, 5) is 19.0. The van der Waals surface area contributed by atoms with Gasteiger partial charge in [-0.15, -0.1) is 0 Å². The van der Waals surface area contributed by atoms with Crippen LogP contribution in [-0.4, -0.2) is 41.0 Å². The fourth-order valence-electron chi connectivity index (χ4n) is 2.94. The minimum atomic E-state index is -0.0765. The second-order valence-electron chi connectivity index (χ2n) is 5.98. The van der Waals surface area contributed by atoms with E-state index in [1.54, 1.807) is 0 Å². The molecule has 2 heterocycles. The number of carbonyl (C=O) groups excluding carboxylic acids is 1. The largest absolute Gasteiger partial charge is 0.431 e. The van der Waals surface area contributed by atoms with Crippen LogP contribution < -0.4 is 5.32 Å². The van der Waals surface area contributed by atoms with Crippen LogP contribution in [-0.2, 0) is 0 Å². The van der Waals surface area contributed by atoms with Crippen LogP contribution in [0.1, 0.15) is 30.1 Å². The van der Waals surface area contributed by atoms with Crippen LogP contribution in [0.15, 0.2) is 34.7 Å². The molecule has 1 aliphatic heterocycles. The van der Waals surface area contributed by atoms with Crippen molar-refractivity contribution in [3.63, 3.8) is 0 Å². The molecule has 0 radical (unpaired) electrons. The van der Waals surface area contributed by atoms with E-state index >= 15 is 0 Å². The lowest BCUT2D eigenvalue weighted by Gasteiger charge is -2.35. The van der Waals surface area contributed by atoms with Crippen molar-refractivity contribution in [1.29, 1.82) is 0 Å². The SMILES string of the molecule is Cc1nc(-c2ccccc2)oc1C(=O)N1CC(C)NC(C)C1. The van der Waals surface area contributed by atoms with Gasteiger partial charge in [0.15, 0.2) is 0 Å². The van der Waals surface area contributed by atoms with Crippen molar-refractivity contribution in [3.05, 3.63) is 41.8 Å². The van der Waals surface area contributed by atoms with E-state index < -0.39 is 0 Å². The van der Waals surface area contributed by atoms with E-state index in [-0.39, 0.29) is 18.0 Å². The van der Waals surface area contributed by atoms with Crippen LogP contribution in [0.3, 0.4) is 0 Å². The number of rotatable bonds is 2. The van der Waals surface area contributed by atoms with Gasteiger partial charge in [0.2, 0.25) is 11.7 Å². The number of hydrogen-bond acceptors (Lipinski definition) is 4. The third-order valence-corrected chi connectivity index (χ3v) is 3.86. The van der Waals surface area contributed by atoms with E-state index in [0.717, 1.165) is 5.56 Å². The van der Waals surface area contributed by atoms with E-state index in [0.29, 0.717) is 30.4 Å². The first kappa shape index (κ1) is 14.8. The average molecular weight is 299 g/mol. The molecule has 2 aromatic rings. The first-order valence-electron chi connectivity index (χ1n) is 7.62. The molecule has 2 atom stereocenters. The fraction of sp³-hybridized carbons (Fsp3) is 0.412. The molecule has 3 rings (SSSR count). The summed E-state index contributed by atoms with van der Waals surface area (Å²) in [6.07, 6.45) is 0. The number of carbonyl (C=O) groups is 1. The highest BCUT2D eigenvalue weighted by Gasteiger charge is 2.29. The molecule has 1 fully saturated rings. The number of hydrogen-bond donors (Lipinski definition) is 1. The van der Waals surface area contributed by atoms with Gasteiger partial charge in [0, 0.05) is 30.7 Å². The molecule has 1 saturated heterocycles. The Bertz CT molecular complexity index is 656. The zero-order valence-corrected chi connectivity index (χ0v) is 13.2. The highest BCUT2D eigenvalue weighted by Crippen LogP contribution is 2.23. The summed E-state index contributed by atoms with van der Waals surface area (Å²) in [5.41, 5.74) is 1.52. The monoisotopic (exact) mass is 299 g/mol. The lowest BCUT2D eigenvalue weighted by molar-refractivity contribution is 0.0641. The lowest BCUT2D eigenvalue weighted by atomic mass is 10.1. The van der Waals surface area contributed by atoms with Crippen molar-refractivity contribution in [3.8, 4) is 11.5 Å². The number of aryl methyl sites for hydroxylation is 1. The Morgan fingerprint density at radius 3 is 2.50 bits per heavy atom. The lowest BCUT2D eigenvalue weighted by Crippen LogP contribution is -2.55. The summed E-state index contributed by atoms with van der Waals surface area (Å²) in [6, 6.07) is 10.2. The van der Waals surface area contributed by atoms with Gasteiger partial charge in [-0.3, -0.25) is 4.79 Å². The molecule has 1 amide bonds. The van der Waals surface area contributed by atoms with Crippen LogP contribution in [0.2, 0.25) is 0 Å². The number of aromatic nitrogens is 1. The summed E-state index contributed by atoms with van der Waals surface area (Å²) < 4.78 is 5.76. The second kappa shape index (κ2) is 5.93. The number of piperazine rings is 1. The zero-order valence-electron chi connectivity index (χ0n) is 13.2. The van der Waals surface area contributed by atoms with E-state index in [1.165, 1.54) is 0 Å². The molecule has 0 aliphatic carbocycles.